The summed E-state index contributed by atoms with van der Waals surface area (Å²) in [6, 6.07) is 20.0. The van der Waals surface area contributed by atoms with E-state index in [1.54, 1.807) is 28.7 Å². The van der Waals surface area contributed by atoms with Crippen molar-refractivity contribution in [3.63, 3.8) is 0 Å². The third kappa shape index (κ3) is 2.64. The molecule has 0 aliphatic carbocycles. The minimum Gasteiger partial charge on any atom is -0.506 e. The molecular weight excluding hydrogens is 544 g/mol. The fraction of sp³-hybridized carbons (Fsp3) is 0. The van der Waals surface area contributed by atoms with Crippen molar-refractivity contribution in [1.82, 2.24) is 0 Å². The second kappa shape index (κ2) is 6.69. The largest absolute Gasteiger partial charge is 0.506 e. The summed E-state index contributed by atoms with van der Waals surface area (Å²) in [7, 11) is 0. The molecule has 6 rings (SSSR count). The number of hydrogen-bond donors (Lipinski definition) is 2. The lowest BCUT2D eigenvalue weighted by Gasteiger charge is -2.08. The van der Waals surface area contributed by atoms with E-state index in [0.29, 0.717) is 11.5 Å². The highest BCUT2D eigenvalue weighted by atomic mass is 79.9. The van der Waals surface area contributed by atoms with Crippen LogP contribution < -0.4 is 0 Å². The maximum Gasteiger partial charge on any atom is 0.141 e. The van der Waals surface area contributed by atoms with Gasteiger partial charge in [-0.25, -0.2) is 0 Å². The Morgan fingerprint density at radius 1 is 0.700 bits per heavy atom. The van der Waals surface area contributed by atoms with E-state index in [9.17, 15) is 10.2 Å². The van der Waals surface area contributed by atoms with Gasteiger partial charge in [0.1, 0.15) is 11.5 Å². The molecule has 30 heavy (non-hydrogen) atoms. The predicted molar refractivity (Wildman–Crippen MR) is 136 cm³/mol. The smallest absolute Gasteiger partial charge is 0.141 e. The number of hydrogen-bond acceptors (Lipinski definition) is 4. The van der Waals surface area contributed by atoms with Gasteiger partial charge in [0, 0.05) is 45.5 Å². The highest BCUT2D eigenvalue weighted by Crippen LogP contribution is 2.47. The number of fused-ring (bicyclic) bond motifs is 6. The second-order valence-corrected chi connectivity index (χ2v) is 11.0. The van der Waals surface area contributed by atoms with Gasteiger partial charge in [-0.2, -0.15) is 0 Å². The summed E-state index contributed by atoms with van der Waals surface area (Å²) in [5, 5.41) is 25.7. The van der Waals surface area contributed by atoms with E-state index in [2.05, 4.69) is 56.1 Å². The molecule has 6 aromatic rings. The zero-order valence-corrected chi connectivity index (χ0v) is 20.0. The average molecular weight is 556 g/mol. The molecule has 0 spiro atoms. The van der Waals surface area contributed by atoms with Gasteiger partial charge in [0.15, 0.2) is 0 Å². The summed E-state index contributed by atoms with van der Waals surface area (Å²) in [5.74, 6) is 0.600. The molecule has 0 saturated carbocycles. The van der Waals surface area contributed by atoms with Crippen molar-refractivity contribution in [2.45, 2.75) is 0 Å². The van der Waals surface area contributed by atoms with Crippen molar-refractivity contribution in [2.24, 2.45) is 0 Å². The fourth-order valence-corrected chi connectivity index (χ4v) is 7.52. The number of aromatic hydroxyl groups is 2. The summed E-state index contributed by atoms with van der Waals surface area (Å²) in [4.78, 5) is 0. The molecule has 6 heteroatoms. The minimum atomic E-state index is 0.294. The van der Waals surface area contributed by atoms with E-state index in [1.165, 1.54) is 0 Å². The topological polar surface area (TPSA) is 40.5 Å². The quantitative estimate of drug-likeness (QED) is 0.212. The van der Waals surface area contributed by atoms with Gasteiger partial charge in [0.25, 0.3) is 0 Å². The summed E-state index contributed by atoms with van der Waals surface area (Å²) >= 11 is 10.4. The van der Waals surface area contributed by atoms with Crippen molar-refractivity contribution in [1.29, 1.82) is 0 Å². The first-order chi connectivity index (χ1) is 14.5. The lowest BCUT2D eigenvalue weighted by molar-refractivity contribution is 0.482. The van der Waals surface area contributed by atoms with Crippen LogP contribution in [0.2, 0.25) is 0 Å². The molecule has 4 aromatic carbocycles. The first-order valence-electron chi connectivity index (χ1n) is 9.19. The van der Waals surface area contributed by atoms with E-state index in [-0.39, 0.29) is 0 Å². The van der Waals surface area contributed by atoms with E-state index in [1.807, 2.05) is 30.3 Å². The van der Waals surface area contributed by atoms with Gasteiger partial charge in [0.2, 0.25) is 0 Å². The van der Waals surface area contributed by atoms with Gasteiger partial charge < -0.3 is 10.2 Å². The third-order valence-electron chi connectivity index (χ3n) is 5.42. The number of rotatable bonds is 1. The number of phenolic OH excluding ortho intramolecular Hbond substituents is 2. The Morgan fingerprint density at radius 3 is 2.40 bits per heavy atom. The van der Waals surface area contributed by atoms with Gasteiger partial charge in [-0.3, -0.25) is 0 Å². The van der Waals surface area contributed by atoms with Crippen LogP contribution in [0.5, 0.6) is 11.5 Å². The first-order valence-corrected chi connectivity index (χ1v) is 12.4. The Bertz CT molecular complexity index is 1650. The second-order valence-electron chi connectivity index (χ2n) is 7.17. The van der Waals surface area contributed by atoms with Crippen LogP contribution in [0.1, 0.15) is 0 Å². The van der Waals surface area contributed by atoms with E-state index >= 15 is 0 Å². The summed E-state index contributed by atoms with van der Waals surface area (Å²) in [6.07, 6.45) is 0. The number of phenols is 2. The molecule has 146 valence electrons. The molecular formula is C24H12Br2O2S2. The Balaban J connectivity index is 1.63. The van der Waals surface area contributed by atoms with Crippen LogP contribution in [0.4, 0.5) is 0 Å². The van der Waals surface area contributed by atoms with E-state index < -0.39 is 0 Å². The molecule has 0 aliphatic heterocycles. The number of benzene rings is 4. The Labute approximate surface area is 196 Å². The maximum absolute atomic E-state index is 11.2. The minimum absolute atomic E-state index is 0.294. The summed E-state index contributed by atoms with van der Waals surface area (Å²) in [5.41, 5.74) is 1.75. The first kappa shape index (κ1) is 18.6. The van der Waals surface area contributed by atoms with Crippen LogP contribution in [-0.2, 0) is 0 Å². The highest BCUT2D eigenvalue weighted by molar-refractivity contribution is 9.11. The molecule has 0 saturated heterocycles. The van der Waals surface area contributed by atoms with Crippen LogP contribution in [-0.4, -0.2) is 10.2 Å². The van der Waals surface area contributed by atoms with E-state index in [4.69, 9.17) is 0 Å². The van der Waals surface area contributed by atoms with Gasteiger partial charge in [-0.05, 0) is 48.0 Å². The van der Waals surface area contributed by atoms with Crippen LogP contribution in [0, 0.1) is 0 Å². The molecule has 2 heterocycles. The van der Waals surface area contributed by atoms with Gasteiger partial charge in [-0.1, -0.05) is 50.1 Å². The van der Waals surface area contributed by atoms with Gasteiger partial charge in [-0.15, -0.1) is 22.7 Å². The Hall–Kier alpha value is -2.12. The third-order valence-corrected chi connectivity index (χ3v) is 8.90. The van der Waals surface area contributed by atoms with E-state index in [0.717, 1.165) is 60.4 Å². The molecule has 2 aromatic heterocycles. The highest BCUT2D eigenvalue weighted by Gasteiger charge is 2.17. The maximum atomic E-state index is 11.2. The standard InChI is InChI=1S/C24H12Br2O2S2/c25-12-4-7-19-16(10-12)14-6-5-13(22(28)24(14)29-19)11-8-17(26)21-15-2-1-3-18(27)23(15)30-20(21)9-11/h1-10,27-28H. The van der Waals surface area contributed by atoms with Crippen LogP contribution in [0.15, 0.2) is 69.6 Å². The Morgan fingerprint density at radius 2 is 1.53 bits per heavy atom. The molecule has 0 bridgehead atoms. The molecule has 0 atom stereocenters. The molecule has 0 unspecified atom stereocenters. The van der Waals surface area contributed by atoms with Crippen molar-refractivity contribution in [3.05, 3.63) is 69.6 Å². The molecule has 0 fully saturated rings. The van der Waals surface area contributed by atoms with Crippen LogP contribution in [0.3, 0.4) is 0 Å². The lowest BCUT2D eigenvalue weighted by Crippen LogP contribution is -1.81. The average Bonchev–Trinajstić information content (AvgIpc) is 3.28. The van der Waals surface area contributed by atoms with Crippen molar-refractivity contribution in [3.8, 4) is 22.6 Å². The SMILES string of the molecule is Oc1c(-c2cc(Br)c3c(c2)sc2c(O)cccc23)ccc2c1sc1ccc(Br)cc12. The number of halogens is 2. The zero-order chi connectivity index (χ0) is 20.6. The van der Waals surface area contributed by atoms with Gasteiger partial charge >= 0.3 is 0 Å². The zero-order valence-electron chi connectivity index (χ0n) is 15.2. The van der Waals surface area contributed by atoms with Crippen molar-refractivity contribution >= 4 is 94.9 Å². The summed E-state index contributed by atoms with van der Waals surface area (Å²) in [6.45, 7) is 0. The summed E-state index contributed by atoms with van der Waals surface area (Å²) < 4.78 is 5.96. The van der Waals surface area contributed by atoms with Crippen LogP contribution in [0.25, 0.3) is 51.5 Å². The number of thiophene rings is 2. The lowest BCUT2D eigenvalue weighted by atomic mass is 10.0. The Kier molecular flexibility index (Phi) is 4.15. The fourth-order valence-electron chi connectivity index (χ4n) is 4.05. The van der Waals surface area contributed by atoms with Gasteiger partial charge in [0.05, 0.1) is 9.40 Å². The normalized spacial score (nSPS) is 11.9. The molecule has 0 amide bonds. The molecule has 2 nitrogen and oxygen atoms in total. The predicted octanol–water partition coefficient (Wildman–Crippen LogP) is 9.03. The van der Waals surface area contributed by atoms with Crippen LogP contribution >= 0.6 is 54.5 Å². The monoisotopic (exact) mass is 554 g/mol. The molecule has 2 N–H and O–H groups in total. The molecule has 0 radical (unpaired) electrons. The molecule has 0 aliphatic rings. The van der Waals surface area contributed by atoms with Crippen molar-refractivity contribution < 1.29 is 10.2 Å². The van der Waals surface area contributed by atoms with Crippen molar-refractivity contribution in [2.75, 3.05) is 0 Å².